The molecule has 0 radical (unpaired) electrons. The Morgan fingerprint density at radius 3 is 2.57 bits per heavy atom. The van der Waals surface area contributed by atoms with E-state index < -0.39 is 0 Å². The molecule has 138 valence electrons. The average Bonchev–Trinajstić information content (AvgIpc) is 2.70. The van der Waals surface area contributed by atoms with Crippen molar-refractivity contribution in [2.75, 3.05) is 0 Å². The molecule has 28 heavy (non-hydrogen) atoms. The molecule has 4 heteroatoms. The zero-order valence-corrected chi connectivity index (χ0v) is 17.6. The number of benzene rings is 3. The van der Waals surface area contributed by atoms with E-state index in [1.807, 2.05) is 72.8 Å². The van der Waals surface area contributed by atoms with Crippen LogP contribution in [0.25, 0.3) is 23.1 Å². The lowest BCUT2D eigenvalue weighted by atomic mass is 10.1. The highest BCUT2D eigenvalue weighted by atomic mass is 127. The van der Waals surface area contributed by atoms with Gasteiger partial charge in [-0.05, 0) is 64.9 Å². The molecular formula is C24H19IN2O. The van der Waals surface area contributed by atoms with E-state index in [-0.39, 0.29) is 5.56 Å². The number of nitrogens with zero attached hydrogens (tertiary/aromatic N) is 2. The first-order valence-corrected chi connectivity index (χ1v) is 10.2. The summed E-state index contributed by atoms with van der Waals surface area (Å²) in [4.78, 5) is 18.0. The Morgan fingerprint density at radius 1 is 0.964 bits per heavy atom. The summed E-state index contributed by atoms with van der Waals surface area (Å²) in [5.74, 6) is 0.657. The Balaban J connectivity index is 1.86. The van der Waals surface area contributed by atoms with E-state index in [0.717, 1.165) is 20.2 Å². The molecule has 0 spiro atoms. The van der Waals surface area contributed by atoms with E-state index in [1.54, 1.807) is 4.57 Å². The Labute approximate surface area is 177 Å². The molecule has 0 saturated carbocycles. The fourth-order valence-electron chi connectivity index (χ4n) is 3.20. The van der Waals surface area contributed by atoms with Gasteiger partial charge in [-0.25, -0.2) is 4.98 Å². The van der Waals surface area contributed by atoms with Crippen LogP contribution in [0.15, 0.2) is 77.6 Å². The van der Waals surface area contributed by atoms with Crippen LogP contribution in [0.3, 0.4) is 0 Å². The highest BCUT2D eigenvalue weighted by Gasteiger charge is 2.10. The predicted octanol–water partition coefficient (Wildman–Crippen LogP) is 5.53. The smallest absolute Gasteiger partial charge is 0.261 e. The first-order chi connectivity index (χ1) is 13.6. The van der Waals surface area contributed by atoms with E-state index in [1.165, 1.54) is 5.56 Å². The topological polar surface area (TPSA) is 34.9 Å². The van der Waals surface area contributed by atoms with Crippen LogP contribution in [0.2, 0.25) is 0 Å². The molecular weight excluding hydrogens is 459 g/mol. The largest absolute Gasteiger partial charge is 0.288 e. The Morgan fingerprint density at radius 2 is 1.79 bits per heavy atom. The summed E-state index contributed by atoms with van der Waals surface area (Å²) < 4.78 is 2.78. The normalized spacial score (nSPS) is 11.4. The van der Waals surface area contributed by atoms with E-state index in [9.17, 15) is 4.79 Å². The molecule has 3 aromatic carbocycles. The minimum absolute atomic E-state index is 0.0174. The molecule has 0 bridgehead atoms. The summed E-state index contributed by atoms with van der Waals surface area (Å²) in [6, 6.07) is 24.1. The molecule has 4 aromatic rings. The lowest BCUT2D eigenvalue weighted by Gasteiger charge is -2.12. The van der Waals surface area contributed by atoms with Gasteiger partial charge in [0.05, 0.1) is 17.4 Å². The van der Waals surface area contributed by atoms with Gasteiger partial charge >= 0.3 is 0 Å². The zero-order chi connectivity index (χ0) is 19.5. The molecule has 0 aliphatic heterocycles. The maximum atomic E-state index is 13.3. The van der Waals surface area contributed by atoms with Gasteiger partial charge in [0.25, 0.3) is 5.56 Å². The van der Waals surface area contributed by atoms with Crippen molar-refractivity contribution in [1.29, 1.82) is 0 Å². The first kappa shape index (κ1) is 18.6. The fourth-order valence-corrected chi connectivity index (χ4v) is 3.69. The summed E-state index contributed by atoms with van der Waals surface area (Å²) in [5, 5.41) is 0.649. The van der Waals surface area contributed by atoms with Crippen LogP contribution in [-0.4, -0.2) is 9.55 Å². The number of hydrogen-bond donors (Lipinski definition) is 0. The maximum absolute atomic E-state index is 13.3. The van der Waals surface area contributed by atoms with Crippen molar-refractivity contribution in [2.45, 2.75) is 13.5 Å². The molecule has 0 amide bonds. The third kappa shape index (κ3) is 4.07. The minimum Gasteiger partial charge on any atom is -0.288 e. The van der Waals surface area contributed by atoms with Crippen molar-refractivity contribution in [3.05, 3.63) is 109 Å². The standard InChI is InChI=1S/C24H19IN2O/c1-17-6-5-9-18(14-17)10-13-23-26-22-12-11-20(25)15-21(22)24(28)27(23)16-19-7-3-2-4-8-19/h2-15H,16H2,1H3. The summed E-state index contributed by atoms with van der Waals surface area (Å²) in [7, 11) is 0. The molecule has 1 aromatic heterocycles. The molecule has 0 saturated heterocycles. The summed E-state index contributed by atoms with van der Waals surface area (Å²) in [6.45, 7) is 2.56. The number of fused-ring (bicyclic) bond motifs is 1. The number of rotatable bonds is 4. The van der Waals surface area contributed by atoms with Crippen molar-refractivity contribution < 1.29 is 0 Å². The molecule has 3 nitrogen and oxygen atoms in total. The fraction of sp³-hybridized carbons (Fsp3) is 0.0833. The Kier molecular flexibility index (Phi) is 5.39. The lowest BCUT2D eigenvalue weighted by molar-refractivity contribution is 0.738. The van der Waals surface area contributed by atoms with E-state index in [4.69, 9.17) is 4.98 Å². The van der Waals surface area contributed by atoms with Crippen LogP contribution in [0.1, 0.15) is 22.5 Å². The second-order valence-electron chi connectivity index (χ2n) is 6.76. The summed E-state index contributed by atoms with van der Waals surface area (Å²) in [6.07, 6.45) is 3.94. The third-order valence-electron chi connectivity index (χ3n) is 4.60. The highest BCUT2D eigenvalue weighted by Crippen LogP contribution is 2.16. The first-order valence-electron chi connectivity index (χ1n) is 9.09. The van der Waals surface area contributed by atoms with E-state index >= 15 is 0 Å². The van der Waals surface area contributed by atoms with Crippen LogP contribution >= 0.6 is 22.6 Å². The summed E-state index contributed by atoms with van der Waals surface area (Å²) >= 11 is 2.23. The van der Waals surface area contributed by atoms with Crippen molar-refractivity contribution in [3.63, 3.8) is 0 Å². The monoisotopic (exact) mass is 478 g/mol. The number of aryl methyl sites for hydroxylation is 1. The van der Waals surface area contributed by atoms with Crippen LogP contribution < -0.4 is 5.56 Å². The van der Waals surface area contributed by atoms with Crippen LogP contribution in [0, 0.1) is 10.5 Å². The highest BCUT2D eigenvalue weighted by molar-refractivity contribution is 14.1. The van der Waals surface area contributed by atoms with Crippen molar-refractivity contribution >= 4 is 45.6 Å². The quantitative estimate of drug-likeness (QED) is 0.362. The lowest BCUT2D eigenvalue weighted by Crippen LogP contribution is -2.24. The maximum Gasteiger partial charge on any atom is 0.261 e. The predicted molar refractivity (Wildman–Crippen MR) is 124 cm³/mol. The van der Waals surface area contributed by atoms with Gasteiger partial charge in [0.2, 0.25) is 0 Å². The minimum atomic E-state index is -0.0174. The SMILES string of the molecule is Cc1cccc(C=Cc2nc3ccc(I)cc3c(=O)n2Cc2ccccc2)c1. The average molecular weight is 478 g/mol. The second-order valence-corrected chi connectivity index (χ2v) is 8.00. The van der Waals surface area contributed by atoms with Gasteiger partial charge in [0.1, 0.15) is 5.82 Å². The van der Waals surface area contributed by atoms with Gasteiger partial charge in [-0.1, -0.05) is 66.2 Å². The molecule has 0 N–H and O–H groups in total. The number of halogens is 1. The number of hydrogen-bond acceptors (Lipinski definition) is 2. The molecule has 4 rings (SSSR count). The zero-order valence-electron chi connectivity index (χ0n) is 15.5. The Hall–Kier alpha value is -2.73. The Bertz CT molecular complexity index is 1230. The molecule has 1 heterocycles. The molecule has 0 fully saturated rings. The summed E-state index contributed by atoms with van der Waals surface area (Å²) in [5.41, 5.74) is 4.06. The van der Waals surface area contributed by atoms with Gasteiger partial charge in [-0.3, -0.25) is 9.36 Å². The van der Waals surface area contributed by atoms with Crippen molar-refractivity contribution in [1.82, 2.24) is 9.55 Å². The molecule has 0 unspecified atom stereocenters. The number of aromatic nitrogens is 2. The van der Waals surface area contributed by atoms with Crippen molar-refractivity contribution in [2.24, 2.45) is 0 Å². The van der Waals surface area contributed by atoms with Gasteiger partial charge in [0.15, 0.2) is 0 Å². The molecule has 0 aliphatic rings. The second kappa shape index (κ2) is 8.10. The van der Waals surface area contributed by atoms with Crippen LogP contribution in [0.4, 0.5) is 0 Å². The third-order valence-corrected chi connectivity index (χ3v) is 5.27. The van der Waals surface area contributed by atoms with Gasteiger partial charge in [0, 0.05) is 3.57 Å². The van der Waals surface area contributed by atoms with Crippen molar-refractivity contribution in [3.8, 4) is 0 Å². The van der Waals surface area contributed by atoms with E-state index in [0.29, 0.717) is 17.8 Å². The van der Waals surface area contributed by atoms with Gasteiger partial charge in [-0.15, -0.1) is 0 Å². The van der Waals surface area contributed by atoms with E-state index in [2.05, 4.69) is 41.6 Å². The molecule has 0 aliphatic carbocycles. The van der Waals surface area contributed by atoms with Crippen LogP contribution in [0.5, 0.6) is 0 Å². The molecule has 0 atom stereocenters. The van der Waals surface area contributed by atoms with Gasteiger partial charge < -0.3 is 0 Å². The van der Waals surface area contributed by atoms with Crippen LogP contribution in [-0.2, 0) is 6.54 Å². The van der Waals surface area contributed by atoms with Gasteiger partial charge in [-0.2, -0.15) is 0 Å².